The van der Waals surface area contributed by atoms with Gasteiger partial charge in [0, 0.05) is 11.3 Å². The molecule has 116 valence electrons. The summed E-state index contributed by atoms with van der Waals surface area (Å²) in [6, 6.07) is 13.1. The molecule has 0 unspecified atom stereocenters. The van der Waals surface area contributed by atoms with Crippen LogP contribution in [-0.4, -0.2) is 19.8 Å². The average molecular weight is 342 g/mol. The molecule has 23 heavy (non-hydrogen) atoms. The molecule has 0 saturated carbocycles. The van der Waals surface area contributed by atoms with E-state index < -0.39 is 0 Å². The van der Waals surface area contributed by atoms with Gasteiger partial charge in [-0.1, -0.05) is 19.1 Å². The van der Waals surface area contributed by atoms with Crippen molar-refractivity contribution in [2.24, 2.45) is 0 Å². The summed E-state index contributed by atoms with van der Waals surface area (Å²) in [5.41, 5.74) is 4.07. The van der Waals surface area contributed by atoms with E-state index in [0.29, 0.717) is 11.1 Å². The number of benzene rings is 2. The maximum absolute atomic E-state index is 12.2. The van der Waals surface area contributed by atoms with Crippen molar-refractivity contribution < 1.29 is 4.79 Å². The number of aryl methyl sites for hydroxylation is 1. The number of aromatic nitrogens is 2. The van der Waals surface area contributed by atoms with Crippen LogP contribution in [0.4, 0.5) is 5.69 Å². The van der Waals surface area contributed by atoms with Gasteiger partial charge in [-0.2, -0.15) is 8.75 Å². The van der Waals surface area contributed by atoms with Crippen molar-refractivity contribution >= 4 is 51.7 Å². The number of amides is 1. The Bertz CT molecular complexity index is 858. The van der Waals surface area contributed by atoms with Crippen molar-refractivity contribution in [3.05, 3.63) is 53.6 Å². The smallest absolute Gasteiger partial charge is 0.257 e. The zero-order chi connectivity index (χ0) is 16.2. The molecule has 0 spiro atoms. The monoisotopic (exact) mass is 342 g/mol. The summed E-state index contributed by atoms with van der Waals surface area (Å²) in [4.78, 5) is 12.2. The van der Waals surface area contributed by atoms with Gasteiger partial charge in [-0.15, -0.1) is 0 Å². The van der Waals surface area contributed by atoms with Crippen molar-refractivity contribution in [3.8, 4) is 0 Å². The lowest BCUT2D eigenvalue weighted by molar-refractivity contribution is 0.0978. The van der Waals surface area contributed by atoms with Gasteiger partial charge in [-0.3, -0.25) is 10.1 Å². The van der Waals surface area contributed by atoms with Crippen LogP contribution in [0.2, 0.25) is 0 Å². The lowest BCUT2D eigenvalue weighted by Gasteiger charge is -2.10. The highest BCUT2D eigenvalue weighted by molar-refractivity contribution is 7.80. The molecular formula is C16H14N4OS2. The summed E-state index contributed by atoms with van der Waals surface area (Å²) in [6.07, 6.45) is 0.982. The lowest BCUT2D eigenvalue weighted by Crippen LogP contribution is -2.34. The zero-order valence-corrected chi connectivity index (χ0v) is 14.0. The van der Waals surface area contributed by atoms with Crippen LogP contribution in [0.5, 0.6) is 0 Å². The Morgan fingerprint density at radius 3 is 2.61 bits per heavy atom. The van der Waals surface area contributed by atoms with E-state index in [2.05, 4.69) is 26.3 Å². The van der Waals surface area contributed by atoms with Gasteiger partial charge in [0.15, 0.2) is 5.11 Å². The molecule has 2 aromatic carbocycles. The average Bonchev–Trinajstić information content (AvgIpc) is 3.03. The Balaban J connectivity index is 1.65. The second-order valence-electron chi connectivity index (χ2n) is 4.93. The van der Waals surface area contributed by atoms with E-state index in [1.54, 1.807) is 18.2 Å². The zero-order valence-electron chi connectivity index (χ0n) is 12.4. The van der Waals surface area contributed by atoms with Crippen LogP contribution in [-0.2, 0) is 6.42 Å². The lowest BCUT2D eigenvalue weighted by atomic mass is 10.1. The number of fused-ring (bicyclic) bond motifs is 1. The normalized spacial score (nSPS) is 10.5. The highest BCUT2D eigenvalue weighted by atomic mass is 32.1. The van der Waals surface area contributed by atoms with Crippen molar-refractivity contribution in [2.45, 2.75) is 13.3 Å². The summed E-state index contributed by atoms with van der Waals surface area (Å²) in [5, 5.41) is 5.93. The van der Waals surface area contributed by atoms with Gasteiger partial charge >= 0.3 is 0 Å². The van der Waals surface area contributed by atoms with Gasteiger partial charge in [-0.05, 0) is 54.5 Å². The van der Waals surface area contributed by atoms with Crippen LogP contribution >= 0.6 is 23.9 Å². The molecular weight excluding hydrogens is 328 g/mol. The van der Waals surface area contributed by atoms with Crippen molar-refractivity contribution in [1.29, 1.82) is 0 Å². The van der Waals surface area contributed by atoms with Gasteiger partial charge in [0.25, 0.3) is 5.91 Å². The molecule has 0 radical (unpaired) electrons. The molecule has 5 nitrogen and oxygen atoms in total. The Labute approximate surface area is 143 Å². The first-order chi connectivity index (χ1) is 11.2. The van der Waals surface area contributed by atoms with Gasteiger partial charge in [-0.25, -0.2) is 0 Å². The second-order valence-corrected chi connectivity index (χ2v) is 5.86. The van der Waals surface area contributed by atoms with E-state index in [1.807, 2.05) is 24.3 Å². The Kier molecular flexibility index (Phi) is 4.59. The Morgan fingerprint density at radius 1 is 1.13 bits per heavy atom. The number of carbonyl (C=O) groups is 1. The number of thiocarbonyl (C=S) groups is 1. The van der Waals surface area contributed by atoms with Gasteiger partial charge in [0.05, 0.1) is 11.7 Å². The third-order valence-corrected chi connectivity index (χ3v) is 4.12. The molecule has 1 heterocycles. The Hall–Kier alpha value is -2.38. The molecule has 3 rings (SSSR count). The molecule has 0 atom stereocenters. The highest BCUT2D eigenvalue weighted by Gasteiger charge is 2.10. The molecule has 0 bridgehead atoms. The quantitative estimate of drug-likeness (QED) is 0.714. The topological polar surface area (TPSA) is 66.9 Å². The number of nitrogens with zero attached hydrogens (tertiary/aromatic N) is 2. The molecule has 0 saturated heterocycles. The predicted molar refractivity (Wildman–Crippen MR) is 96.9 cm³/mol. The SMILES string of the molecule is CCc1ccc(NC(=S)NC(=O)c2ccc3nsnc3c2)cc1. The number of rotatable bonds is 3. The molecule has 0 aliphatic rings. The molecule has 0 aliphatic heterocycles. The fraction of sp³-hybridized carbons (Fsp3) is 0.125. The van der Waals surface area contributed by atoms with Crippen molar-refractivity contribution in [3.63, 3.8) is 0 Å². The molecule has 1 amide bonds. The van der Waals surface area contributed by atoms with E-state index in [1.165, 1.54) is 5.56 Å². The predicted octanol–water partition coefficient (Wildman–Crippen LogP) is 3.38. The first-order valence-corrected chi connectivity index (χ1v) is 8.23. The van der Waals surface area contributed by atoms with Gasteiger partial charge in [0.2, 0.25) is 0 Å². The summed E-state index contributed by atoms with van der Waals surface area (Å²) in [7, 11) is 0. The van der Waals surface area contributed by atoms with Gasteiger partial charge in [0.1, 0.15) is 11.0 Å². The fourth-order valence-electron chi connectivity index (χ4n) is 2.08. The second kappa shape index (κ2) is 6.80. The van der Waals surface area contributed by atoms with Crippen LogP contribution in [0, 0.1) is 0 Å². The minimum atomic E-state index is -0.275. The van der Waals surface area contributed by atoms with Crippen LogP contribution < -0.4 is 10.6 Å². The minimum absolute atomic E-state index is 0.260. The standard InChI is InChI=1S/C16H14N4OS2/c1-2-10-3-6-12(7-4-10)17-16(22)18-15(21)11-5-8-13-14(9-11)20-23-19-13/h3-9H,2H2,1H3,(H2,17,18,21,22). The number of anilines is 1. The molecule has 7 heteroatoms. The number of hydrogen-bond acceptors (Lipinski definition) is 5. The van der Waals surface area contributed by atoms with E-state index in [4.69, 9.17) is 12.2 Å². The first kappa shape index (κ1) is 15.5. The fourth-order valence-corrected chi connectivity index (χ4v) is 2.81. The molecule has 0 fully saturated rings. The van der Waals surface area contributed by atoms with Crippen molar-refractivity contribution in [2.75, 3.05) is 5.32 Å². The third kappa shape index (κ3) is 3.69. The maximum Gasteiger partial charge on any atom is 0.257 e. The minimum Gasteiger partial charge on any atom is -0.332 e. The summed E-state index contributed by atoms with van der Waals surface area (Å²) in [5.74, 6) is -0.275. The first-order valence-electron chi connectivity index (χ1n) is 7.09. The van der Waals surface area contributed by atoms with Crippen molar-refractivity contribution in [1.82, 2.24) is 14.1 Å². The molecule has 2 N–H and O–H groups in total. The van der Waals surface area contributed by atoms with Crippen LogP contribution in [0.15, 0.2) is 42.5 Å². The summed E-state index contributed by atoms with van der Waals surface area (Å²) >= 11 is 6.31. The van der Waals surface area contributed by atoms with E-state index in [0.717, 1.165) is 29.4 Å². The molecule has 3 aromatic rings. The number of nitrogens with one attached hydrogen (secondary N) is 2. The van der Waals surface area contributed by atoms with Gasteiger partial charge < -0.3 is 5.32 Å². The summed E-state index contributed by atoms with van der Waals surface area (Å²) in [6.45, 7) is 2.10. The maximum atomic E-state index is 12.2. The molecule has 0 aliphatic carbocycles. The van der Waals surface area contributed by atoms with Crippen LogP contribution in [0.25, 0.3) is 11.0 Å². The molecule has 1 aromatic heterocycles. The number of carbonyl (C=O) groups excluding carboxylic acids is 1. The van der Waals surface area contributed by atoms with E-state index in [-0.39, 0.29) is 11.0 Å². The third-order valence-electron chi connectivity index (χ3n) is 3.36. The van der Waals surface area contributed by atoms with Crippen LogP contribution in [0.1, 0.15) is 22.8 Å². The van der Waals surface area contributed by atoms with E-state index in [9.17, 15) is 4.79 Å². The van der Waals surface area contributed by atoms with Crippen LogP contribution in [0.3, 0.4) is 0 Å². The number of hydrogen-bond donors (Lipinski definition) is 2. The summed E-state index contributed by atoms with van der Waals surface area (Å²) < 4.78 is 8.24. The van der Waals surface area contributed by atoms with E-state index >= 15 is 0 Å². The highest BCUT2D eigenvalue weighted by Crippen LogP contribution is 2.14. The Morgan fingerprint density at radius 2 is 1.87 bits per heavy atom. The largest absolute Gasteiger partial charge is 0.332 e.